The van der Waals surface area contributed by atoms with Crippen LogP contribution in [0.5, 0.6) is 11.6 Å². The van der Waals surface area contributed by atoms with Crippen molar-refractivity contribution in [2.45, 2.75) is 12.8 Å². The lowest BCUT2D eigenvalue weighted by atomic mass is 10.0. The number of nitrogens with zero attached hydrogens (tertiary/aromatic N) is 4. The lowest BCUT2D eigenvalue weighted by Crippen LogP contribution is -1.99. The Morgan fingerprint density at radius 1 is 0.971 bits per heavy atom. The predicted molar refractivity (Wildman–Crippen MR) is 136 cm³/mol. The number of imidazole rings is 1. The number of aromatic nitrogens is 5. The fraction of sp³-hybridized carbons (Fsp3) is 0.154. The Labute approximate surface area is 206 Å². The van der Waals surface area contributed by atoms with Crippen molar-refractivity contribution in [1.29, 1.82) is 0 Å². The molecule has 4 aromatic heterocycles. The number of aliphatic hydroxyl groups excluding tert-OH is 1. The van der Waals surface area contributed by atoms with Crippen molar-refractivity contribution in [1.82, 2.24) is 24.5 Å². The summed E-state index contributed by atoms with van der Waals surface area (Å²) in [4.78, 5) is 16.4. The second-order valence-corrected chi connectivity index (χ2v) is 8.33. The largest absolute Gasteiger partial charge is 0.493 e. The van der Waals surface area contributed by atoms with E-state index in [2.05, 4.69) is 15.0 Å². The smallest absolute Gasteiger partial charge is 0.214 e. The Bertz CT molecular complexity index is 1510. The summed E-state index contributed by atoms with van der Waals surface area (Å²) in [5, 5.41) is 20.0. The molecule has 3 N–H and O–H groups in total. The van der Waals surface area contributed by atoms with Crippen LogP contribution in [0.2, 0.25) is 0 Å². The van der Waals surface area contributed by atoms with E-state index in [-0.39, 0.29) is 12.5 Å². The van der Waals surface area contributed by atoms with Gasteiger partial charge in [0.15, 0.2) is 4.77 Å². The van der Waals surface area contributed by atoms with Crippen LogP contribution in [0.4, 0.5) is 0 Å². The van der Waals surface area contributed by atoms with Crippen molar-refractivity contribution in [2.24, 2.45) is 0 Å². The van der Waals surface area contributed by atoms with Gasteiger partial charge in [-0.2, -0.15) is 0 Å². The van der Waals surface area contributed by atoms with Gasteiger partial charge in [0.1, 0.15) is 5.75 Å². The van der Waals surface area contributed by atoms with Crippen LogP contribution in [0, 0.1) is 4.77 Å². The van der Waals surface area contributed by atoms with Crippen molar-refractivity contribution in [3.05, 3.63) is 78.1 Å². The van der Waals surface area contributed by atoms with Crippen molar-refractivity contribution >= 4 is 23.1 Å². The zero-order valence-electron chi connectivity index (χ0n) is 18.8. The molecule has 9 heteroatoms. The van der Waals surface area contributed by atoms with Crippen LogP contribution < -0.4 is 4.74 Å². The molecule has 176 valence electrons. The van der Waals surface area contributed by atoms with E-state index in [0.717, 1.165) is 46.3 Å². The number of aromatic hydroxyl groups is 1. The van der Waals surface area contributed by atoms with Crippen LogP contribution in [0.15, 0.2) is 73.3 Å². The van der Waals surface area contributed by atoms with Crippen LogP contribution >= 0.6 is 12.2 Å². The molecular weight excluding hydrogens is 462 g/mol. The van der Waals surface area contributed by atoms with Gasteiger partial charge in [0.2, 0.25) is 5.88 Å². The normalized spacial score (nSPS) is 11.1. The third-order valence-corrected chi connectivity index (χ3v) is 5.92. The maximum absolute atomic E-state index is 10.4. The summed E-state index contributed by atoms with van der Waals surface area (Å²) in [6.07, 6.45) is 8.09. The third kappa shape index (κ3) is 4.77. The van der Waals surface area contributed by atoms with Crippen molar-refractivity contribution in [3.8, 4) is 39.8 Å². The first kappa shape index (κ1) is 22.7. The van der Waals surface area contributed by atoms with E-state index >= 15 is 0 Å². The van der Waals surface area contributed by atoms with Gasteiger partial charge in [0, 0.05) is 35.5 Å². The zero-order chi connectivity index (χ0) is 24.2. The fourth-order valence-electron chi connectivity index (χ4n) is 3.83. The highest BCUT2D eigenvalue weighted by Gasteiger charge is 2.13. The van der Waals surface area contributed by atoms with E-state index < -0.39 is 0 Å². The van der Waals surface area contributed by atoms with Crippen LogP contribution in [-0.2, 0) is 0 Å². The Balaban J connectivity index is 1.44. The minimum absolute atomic E-state index is 0.0135. The molecule has 0 aliphatic rings. The van der Waals surface area contributed by atoms with Gasteiger partial charge in [-0.3, -0.25) is 14.5 Å². The number of rotatable bonds is 8. The third-order valence-electron chi connectivity index (χ3n) is 5.62. The Morgan fingerprint density at radius 3 is 2.46 bits per heavy atom. The average molecular weight is 486 g/mol. The summed E-state index contributed by atoms with van der Waals surface area (Å²) >= 11 is 5.37. The van der Waals surface area contributed by atoms with Gasteiger partial charge in [-0.05, 0) is 49.3 Å². The molecule has 0 amide bonds. The number of H-pyrrole nitrogens is 1. The molecule has 35 heavy (non-hydrogen) atoms. The molecule has 5 aromatic rings. The van der Waals surface area contributed by atoms with Crippen molar-refractivity contribution < 1.29 is 14.9 Å². The number of fused-ring (bicyclic) bond motifs is 1. The number of unbranched alkanes of at least 4 members (excludes halogenated alkanes) is 1. The average Bonchev–Trinajstić information content (AvgIpc) is 3.24. The summed E-state index contributed by atoms with van der Waals surface area (Å²) in [5.41, 5.74) is 4.90. The number of aromatic amines is 1. The standard InChI is InChI=1S/C26H23N5O3S/c32-11-1-2-12-34-19-7-8-21(28-14-19)17-3-5-18(6-4-17)23-13-24(31-25(33)16-29-26(31)35)20-15-27-10-9-22(20)30-23/h3-10,13-16,32-33H,1-2,11-12H2,(H,29,35). The molecule has 4 heterocycles. The highest BCUT2D eigenvalue weighted by Crippen LogP contribution is 2.30. The first-order valence-corrected chi connectivity index (χ1v) is 11.6. The minimum atomic E-state index is 0.0135. The van der Waals surface area contributed by atoms with Crippen LogP contribution in [0.1, 0.15) is 12.8 Å². The summed E-state index contributed by atoms with van der Waals surface area (Å²) in [5.74, 6) is 0.719. The molecule has 0 saturated heterocycles. The Hall–Kier alpha value is -4.08. The molecule has 0 atom stereocenters. The number of pyridine rings is 3. The maximum Gasteiger partial charge on any atom is 0.214 e. The van der Waals surface area contributed by atoms with E-state index in [4.69, 9.17) is 27.0 Å². The first-order chi connectivity index (χ1) is 17.1. The second-order valence-electron chi connectivity index (χ2n) is 7.94. The van der Waals surface area contributed by atoms with Crippen LogP contribution in [-0.4, -0.2) is 47.9 Å². The first-order valence-electron chi connectivity index (χ1n) is 11.2. The monoisotopic (exact) mass is 485 g/mol. The van der Waals surface area contributed by atoms with E-state index in [1.165, 1.54) is 6.20 Å². The van der Waals surface area contributed by atoms with Crippen LogP contribution in [0.3, 0.4) is 0 Å². The maximum atomic E-state index is 10.4. The van der Waals surface area contributed by atoms with E-state index in [1.807, 2.05) is 48.5 Å². The van der Waals surface area contributed by atoms with E-state index in [9.17, 15) is 5.11 Å². The molecule has 0 bridgehead atoms. The molecular formula is C26H23N5O3S. The topological polar surface area (TPSA) is 109 Å². The van der Waals surface area contributed by atoms with Gasteiger partial charge in [-0.25, -0.2) is 4.98 Å². The lowest BCUT2D eigenvalue weighted by molar-refractivity contribution is 0.253. The van der Waals surface area contributed by atoms with Gasteiger partial charge in [-0.15, -0.1) is 0 Å². The predicted octanol–water partition coefficient (Wildman–Crippen LogP) is 5.06. The number of hydrogen-bond donors (Lipinski definition) is 3. The molecule has 8 nitrogen and oxygen atoms in total. The molecule has 1 aromatic carbocycles. The molecule has 5 rings (SSSR count). The molecule has 0 unspecified atom stereocenters. The Kier molecular flexibility index (Phi) is 6.51. The van der Waals surface area contributed by atoms with Crippen LogP contribution in [0.25, 0.3) is 39.1 Å². The van der Waals surface area contributed by atoms with Crippen molar-refractivity contribution in [2.75, 3.05) is 13.2 Å². The van der Waals surface area contributed by atoms with Gasteiger partial charge < -0.3 is 19.9 Å². The Morgan fingerprint density at radius 2 is 1.77 bits per heavy atom. The van der Waals surface area contributed by atoms with E-state index in [0.29, 0.717) is 22.8 Å². The fourth-order valence-corrected chi connectivity index (χ4v) is 4.08. The summed E-state index contributed by atoms with van der Waals surface area (Å²) in [6, 6.07) is 15.5. The molecule has 0 aliphatic carbocycles. The summed E-state index contributed by atoms with van der Waals surface area (Å²) in [6.45, 7) is 0.727. The number of nitrogens with one attached hydrogen (secondary N) is 1. The summed E-state index contributed by atoms with van der Waals surface area (Å²) < 4.78 is 7.60. The molecule has 0 aliphatic heterocycles. The number of aliphatic hydroxyl groups is 1. The van der Waals surface area contributed by atoms with Gasteiger partial charge in [0.05, 0.1) is 41.6 Å². The van der Waals surface area contributed by atoms with Gasteiger partial charge in [-0.1, -0.05) is 24.3 Å². The van der Waals surface area contributed by atoms with Crippen molar-refractivity contribution in [3.63, 3.8) is 0 Å². The molecule has 0 radical (unpaired) electrons. The SMILES string of the molecule is OCCCCOc1ccc(-c2ccc(-c3cc(-n4c(O)c[nH]c4=S)c4cnccc4n3)cc2)nc1. The van der Waals surface area contributed by atoms with Gasteiger partial charge >= 0.3 is 0 Å². The highest BCUT2D eigenvalue weighted by atomic mass is 32.1. The minimum Gasteiger partial charge on any atom is -0.493 e. The number of benzene rings is 1. The zero-order valence-corrected chi connectivity index (χ0v) is 19.6. The second kappa shape index (κ2) is 10.0. The molecule has 0 saturated carbocycles. The molecule has 0 fully saturated rings. The highest BCUT2D eigenvalue weighted by molar-refractivity contribution is 7.71. The molecule has 0 spiro atoms. The van der Waals surface area contributed by atoms with Gasteiger partial charge in [0.25, 0.3) is 0 Å². The summed E-state index contributed by atoms with van der Waals surface area (Å²) in [7, 11) is 0. The quantitative estimate of drug-likeness (QED) is 0.208. The number of ether oxygens (including phenoxy) is 1. The number of hydrogen-bond acceptors (Lipinski definition) is 7. The lowest BCUT2D eigenvalue weighted by Gasteiger charge is -2.12. The van der Waals surface area contributed by atoms with E-state index in [1.54, 1.807) is 23.2 Å².